The lowest BCUT2D eigenvalue weighted by Gasteiger charge is -2.16. The van der Waals surface area contributed by atoms with Gasteiger partial charge in [-0.05, 0) is 26.0 Å². The second kappa shape index (κ2) is 6.75. The van der Waals surface area contributed by atoms with E-state index in [0.29, 0.717) is 0 Å². The van der Waals surface area contributed by atoms with Crippen LogP contribution in [-0.4, -0.2) is 15.3 Å². The largest absolute Gasteiger partial charge is 0.334 e. The Kier molecular flexibility index (Phi) is 5.01. The van der Waals surface area contributed by atoms with Crippen molar-refractivity contribution in [2.45, 2.75) is 31.3 Å². The number of aryl methyl sites for hydroxylation is 2. The molecular weight excluding hydrogens is 256 g/mol. The molecule has 0 amide bonds. The van der Waals surface area contributed by atoms with Crippen LogP contribution in [0.25, 0.3) is 0 Å². The zero-order valence-corrected chi connectivity index (χ0v) is 12.2. The Bertz CT molecular complexity index is 524. The number of thioether (sulfide) groups is 1. The van der Waals surface area contributed by atoms with Crippen LogP contribution in [0.1, 0.15) is 24.4 Å². The van der Waals surface area contributed by atoms with E-state index in [1.165, 1.54) is 10.5 Å². The lowest BCUT2D eigenvalue weighted by atomic mass is 10.2. The standard InChI is InChI=1S/C14H20N4S/c1-3-18-8-7-16-14(18)13(17-15)10-19-12-6-4-5-11(2)9-12/h4-9,13,17H,3,10,15H2,1-2H3. The van der Waals surface area contributed by atoms with Gasteiger partial charge in [-0.15, -0.1) is 11.8 Å². The minimum absolute atomic E-state index is 0.0560. The molecule has 4 nitrogen and oxygen atoms in total. The fourth-order valence-electron chi connectivity index (χ4n) is 1.98. The molecule has 0 radical (unpaired) electrons. The number of hydrogen-bond acceptors (Lipinski definition) is 4. The predicted octanol–water partition coefficient (Wildman–Crippen LogP) is 2.51. The second-order valence-electron chi connectivity index (χ2n) is 4.42. The van der Waals surface area contributed by atoms with Crippen LogP contribution < -0.4 is 11.3 Å². The minimum Gasteiger partial charge on any atom is -0.334 e. The Morgan fingerprint density at radius 2 is 2.32 bits per heavy atom. The average molecular weight is 276 g/mol. The second-order valence-corrected chi connectivity index (χ2v) is 5.51. The van der Waals surface area contributed by atoms with Gasteiger partial charge < -0.3 is 4.57 Å². The van der Waals surface area contributed by atoms with Gasteiger partial charge in [0.05, 0.1) is 6.04 Å². The Labute approximate surface area is 118 Å². The molecule has 1 aromatic heterocycles. The first-order chi connectivity index (χ1) is 9.24. The van der Waals surface area contributed by atoms with Gasteiger partial charge in [-0.25, -0.2) is 10.4 Å². The fraction of sp³-hybridized carbons (Fsp3) is 0.357. The highest BCUT2D eigenvalue weighted by atomic mass is 32.2. The minimum atomic E-state index is 0.0560. The van der Waals surface area contributed by atoms with E-state index < -0.39 is 0 Å². The van der Waals surface area contributed by atoms with Crippen LogP contribution in [0, 0.1) is 6.92 Å². The van der Waals surface area contributed by atoms with Gasteiger partial charge in [-0.1, -0.05) is 17.7 Å². The zero-order valence-electron chi connectivity index (χ0n) is 11.3. The summed E-state index contributed by atoms with van der Waals surface area (Å²) in [6.07, 6.45) is 3.80. The number of nitrogens with zero attached hydrogens (tertiary/aromatic N) is 2. The van der Waals surface area contributed by atoms with E-state index >= 15 is 0 Å². The van der Waals surface area contributed by atoms with E-state index in [0.717, 1.165) is 18.1 Å². The molecule has 102 valence electrons. The van der Waals surface area contributed by atoms with Crippen molar-refractivity contribution in [2.24, 2.45) is 5.84 Å². The molecule has 5 heteroatoms. The topological polar surface area (TPSA) is 55.9 Å². The number of nitrogens with two attached hydrogens (primary N) is 1. The molecule has 1 aromatic carbocycles. The maximum absolute atomic E-state index is 5.66. The van der Waals surface area contributed by atoms with Gasteiger partial charge in [0.1, 0.15) is 5.82 Å². The van der Waals surface area contributed by atoms with Crippen LogP contribution in [0.2, 0.25) is 0 Å². The SMILES string of the molecule is CCn1ccnc1C(CSc1cccc(C)c1)NN. The number of aromatic nitrogens is 2. The summed E-state index contributed by atoms with van der Waals surface area (Å²) in [7, 11) is 0. The third kappa shape index (κ3) is 3.59. The van der Waals surface area contributed by atoms with E-state index in [-0.39, 0.29) is 6.04 Å². The van der Waals surface area contributed by atoms with E-state index in [1.54, 1.807) is 11.8 Å². The molecule has 19 heavy (non-hydrogen) atoms. The highest BCUT2D eigenvalue weighted by Gasteiger charge is 2.15. The number of nitrogens with one attached hydrogen (secondary N) is 1. The Morgan fingerprint density at radius 3 is 3.00 bits per heavy atom. The Morgan fingerprint density at radius 1 is 1.47 bits per heavy atom. The molecule has 0 spiro atoms. The van der Waals surface area contributed by atoms with E-state index in [2.05, 4.69) is 53.1 Å². The summed E-state index contributed by atoms with van der Waals surface area (Å²) >= 11 is 1.79. The highest BCUT2D eigenvalue weighted by molar-refractivity contribution is 7.99. The predicted molar refractivity (Wildman–Crippen MR) is 79.9 cm³/mol. The summed E-state index contributed by atoms with van der Waals surface area (Å²) in [5, 5.41) is 0. The molecule has 0 saturated carbocycles. The normalized spacial score (nSPS) is 12.6. The summed E-state index contributed by atoms with van der Waals surface area (Å²) in [6.45, 7) is 5.11. The molecule has 0 aliphatic rings. The monoisotopic (exact) mass is 276 g/mol. The van der Waals surface area contributed by atoms with Gasteiger partial charge in [-0.3, -0.25) is 5.84 Å². The summed E-state index contributed by atoms with van der Waals surface area (Å²) in [6, 6.07) is 8.55. The summed E-state index contributed by atoms with van der Waals surface area (Å²) < 4.78 is 2.11. The van der Waals surface area contributed by atoms with Crippen LogP contribution in [0.3, 0.4) is 0 Å². The maximum Gasteiger partial charge on any atom is 0.128 e. The van der Waals surface area contributed by atoms with Gasteiger partial charge in [0.25, 0.3) is 0 Å². The molecule has 2 rings (SSSR count). The van der Waals surface area contributed by atoms with Crippen LogP contribution in [-0.2, 0) is 6.54 Å². The fourth-order valence-corrected chi connectivity index (χ4v) is 3.03. The molecule has 3 N–H and O–H groups in total. The van der Waals surface area contributed by atoms with Gasteiger partial charge >= 0.3 is 0 Å². The Hall–Kier alpha value is -1.30. The zero-order chi connectivity index (χ0) is 13.7. The molecule has 1 unspecified atom stereocenters. The smallest absolute Gasteiger partial charge is 0.128 e. The van der Waals surface area contributed by atoms with Gasteiger partial charge in [-0.2, -0.15) is 0 Å². The lowest BCUT2D eigenvalue weighted by molar-refractivity contribution is 0.540. The molecule has 2 aromatic rings. The first-order valence-corrected chi connectivity index (χ1v) is 7.39. The molecule has 0 bridgehead atoms. The van der Waals surface area contributed by atoms with Crippen molar-refractivity contribution in [1.29, 1.82) is 0 Å². The van der Waals surface area contributed by atoms with E-state index in [9.17, 15) is 0 Å². The molecule has 0 aliphatic carbocycles. The van der Waals surface area contributed by atoms with Crippen molar-refractivity contribution < 1.29 is 0 Å². The van der Waals surface area contributed by atoms with Gasteiger partial charge in [0.15, 0.2) is 0 Å². The highest BCUT2D eigenvalue weighted by Crippen LogP contribution is 2.24. The quantitative estimate of drug-likeness (QED) is 0.483. The molecular formula is C14H20N4S. The van der Waals surface area contributed by atoms with Crippen molar-refractivity contribution in [3.05, 3.63) is 48.0 Å². The lowest BCUT2D eigenvalue weighted by Crippen LogP contribution is -2.31. The Balaban J connectivity index is 2.04. The van der Waals surface area contributed by atoms with Crippen molar-refractivity contribution in [2.75, 3.05) is 5.75 Å². The van der Waals surface area contributed by atoms with Crippen molar-refractivity contribution in [1.82, 2.24) is 15.0 Å². The number of hydrazine groups is 1. The third-order valence-electron chi connectivity index (χ3n) is 3.01. The first kappa shape index (κ1) is 14.1. The van der Waals surface area contributed by atoms with Crippen molar-refractivity contribution in [3.8, 4) is 0 Å². The molecule has 1 atom stereocenters. The molecule has 1 heterocycles. The van der Waals surface area contributed by atoms with Gasteiger partial charge in [0.2, 0.25) is 0 Å². The van der Waals surface area contributed by atoms with Crippen LogP contribution in [0.15, 0.2) is 41.6 Å². The van der Waals surface area contributed by atoms with Crippen molar-refractivity contribution >= 4 is 11.8 Å². The van der Waals surface area contributed by atoms with E-state index in [4.69, 9.17) is 5.84 Å². The molecule has 0 aliphatic heterocycles. The average Bonchev–Trinajstić information content (AvgIpc) is 2.88. The van der Waals surface area contributed by atoms with Gasteiger partial charge in [0, 0.05) is 29.6 Å². The number of imidazole rings is 1. The first-order valence-electron chi connectivity index (χ1n) is 6.41. The van der Waals surface area contributed by atoms with E-state index in [1.807, 2.05) is 12.4 Å². The number of benzene rings is 1. The van der Waals surface area contributed by atoms with Crippen LogP contribution in [0.5, 0.6) is 0 Å². The van der Waals surface area contributed by atoms with Crippen LogP contribution in [0.4, 0.5) is 0 Å². The third-order valence-corrected chi connectivity index (χ3v) is 4.09. The molecule has 0 fully saturated rings. The summed E-state index contributed by atoms with van der Waals surface area (Å²) in [4.78, 5) is 5.65. The number of hydrogen-bond donors (Lipinski definition) is 2. The van der Waals surface area contributed by atoms with Crippen molar-refractivity contribution in [3.63, 3.8) is 0 Å². The van der Waals surface area contributed by atoms with Crippen LogP contribution >= 0.6 is 11.8 Å². The molecule has 0 saturated heterocycles. The number of rotatable bonds is 6. The maximum atomic E-state index is 5.66. The summed E-state index contributed by atoms with van der Waals surface area (Å²) in [5.41, 5.74) is 4.14. The summed E-state index contributed by atoms with van der Waals surface area (Å²) in [5.74, 6) is 7.51.